The second-order valence-corrected chi connectivity index (χ2v) is 7.20. The van der Waals surface area contributed by atoms with Crippen molar-refractivity contribution >= 4 is 11.8 Å². The average Bonchev–Trinajstić information content (AvgIpc) is 3.11. The molecule has 0 bridgehead atoms. The molecule has 3 heterocycles. The zero-order chi connectivity index (χ0) is 16.4. The maximum absolute atomic E-state index is 12.7. The molecule has 1 unspecified atom stereocenters. The van der Waals surface area contributed by atoms with Gasteiger partial charge in [-0.05, 0) is 46.2 Å². The van der Waals surface area contributed by atoms with Gasteiger partial charge >= 0.3 is 0 Å². The Morgan fingerprint density at radius 3 is 2.17 bits per heavy atom. The van der Waals surface area contributed by atoms with Gasteiger partial charge in [0.25, 0.3) is 5.91 Å². The number of carbonyl (C=O) groups is 2. The van der Waals surface area contributed by atoms with Crippen LogP contribution in [0.4, 0.5) is 0 Å². The van der Waals surface area contributed by atoms with E-state index in [9.17, 15) is 9.59 Å². The first-order chi connectivity index (χ1) is 11.1. The maximum Gasteiger partial charge on any atom is 0.251 e. The Balaban J connectivity index is 1.48. The Labute approximate surface area is 138 Å². The number of piperidine rings is 1. The van der Waals surface area contributed by atoms with E-state index in [0.717, 1.165) is 32.2 Å². The average molecular weight is 323 g/mol. The minimum absolute atomic E-state index is 0.113. The fourth-order valence-electron chi connectivity index (χ4n) is 3.90. The fourth-order valence-corrected chi connectivity index (χ4v) is 3.90. The third-order valence-corrected chi connectivity index (χ3v) is 5.67. The molecule has 0 N–H and O–H groups in total. The van der Waals surface area contributed by atoms with Crippen LogP contribution >= 0.6 is 0 Å². The lowest BCUT2D eigenvalue weighted by Gasteiger charge is -2.40. The zero-order valence-electron chi connectivity index (χ0n) is 14.4. The first-order valence-electron chi connectivity index (χ1n) is 8.95. The molecule has 6 heteroatoms. The van der Waals surface area contributed by atoms with Crippen LogP contribution in [-0.4, -0.2) is 85.0 Å². The molecule has 0 aliphatic carbocycles. The van der Waals surface area contributed by atoms with Gasteiger partial charge < -0.3 is 19.4 Å². The van der Waals surface area contributed by atoms with Crippen molar-refractivity contribution in [3.05, 3.63) is 0 Å². The highest BCUT2D eigenvalue weighted by atomic mass is 16.5. The van der Waals surface area contributed by atoms with Gasteiger partial charge in [-0.25, -0.2) is 0 Å². The van der Waals surface area contributed by atoms with E-state index < -0.39 is 0 Å². The van der Waals surface area contributed by atoms with Crippen molar-refractivity contribution in [2.75, 3.05) is 46.4 Å². The van der Waals surface area contributed by atoms with Crippen molar-refractivity contribution in [1.29, 1.82) is 0 Å². The number of piperazine rings is 1. The molecule has 3 fully saturated rings. The molecule has 3 atom stereocenters. The zero-order valence-corrected chi connectivity index (χ0v) is 14.4. The van der Waals surface area contributed by atoms with E-state index in [1.54, 1.807) is 0 Å². The van der Waals surface area contributed by atoms with Crippen molar-refractivity contribution in [2.45, 2.75) is 44.8 Å². The lowest BCUT2D eigenvalue weighted by Crippen LogP contribution is -2.54. The third-order valence-electron chi connectivity index (χ3n) is 5.67. The monoisotopic (exact) mass is 323 g/mol. The van der Waals surface area contributed by atoms with Crippen LogP contribution in [0.25, 0.3) is 0 Å². The van der Waals surface area contributed by atoms with Crippen LogP contribution in [0.5, 0.6) is 0 Å². The van der Waals surface area contributed by atoms with Crippen LogP contribution in [0.1, 0.15) is 32.6 Å². The van der Waals surface area contributed by atoms with E-state index in [4.69, 9.17) is 4.74 Å². The van der Waals surface area contributed by atoms with Gasteiger partial charge in [-0.2, -0.15) is 0 Å². The summed E-state index contributed by atoms with van der Waals surface area (Å²) in [4.78, 5) is 31.2. The summed E-state index contributed by atoms with van der Waals surface area (Å²) in [5.74, 6) is 0.554. The maximum atomic E-state index is 12.7. The summed E-state index contributed by atoms with van der Waals surface area (Å²) < 4.78 is 5.48. The number of nitrogens with zero attached hydrogens (tertiary/aromatic N) is 3. The van der Waals surface area contributed by atoms with Crippen LogP contribution in [0.2, 0.25) is 0 Å². The number of hydrogen-bond acceptors (Lipinski definition) is 4. The number of carbonyl (C=O) groups excluding carboxylic acids is 2. The first-order valence-corrected chi connectivity index (χ1v) is 8.95. The molecule has 0 aromatic rings. The van der Waals surface area contributed by atoms with Crippen LogP contribution < -0.4 is 0 Å². The van der Waals surface area contributed by atoms with E-state index in [1.807, 2.05) is 9.80 Å². The fraction of sp³-hybridized carbons (Fsp3) is 0.882. The molecule has 2 amide bonds. The first kappa shape index (κ1) is 16.7. The number of amides is 2. The Bertz CT molecular complexity index is 442. The minimum atomic E-state index is -0.244. The van der Waals surface area contributed by atoms with E-state index in [1.165, 1.54) is 0 Å². The molecule has 3 rings (SSSR count). The predicted molar refractivity (Wildman–Crippen MR) is 87.0 cm³/mol. The number of rotatable bonds is 2. The molecule has 130 valence electrons. The standard InChI is InChI=1S/C17H29N3O3/c1-13-12-14(5-6-18(13)2)16(21)19-7-9-20(10-8-19)17(22)15-4-3-11-23-15/h13-15H,3-12H2,1-2H3/t13-,14-,15?/m0/s1. The van der Waals surface area contributed by atoms with Gasteiger partial charge in [-0.15, -0.1) is 0 Å². The van der Waals surface area contributed by atoms with E-state index >= 15 is 0 Å². The summed E-state index contributed by atoms with van der Waals surface area (Å²) in [5.41, 5.74) is 0. The molecule has 23 heavy (non-hydrogen) atoms. The summed E-state index contributed by atoms with van der Waals surface area (Å²) >= 11 is 0. The van der Waals surface area contributed by atoms with Crippen molar-refractivity contribution in [1.82, 2.24) is 14.7 Å². The largest absolute Gasteiger partial charge is 0.368 e. The Hall–Kier alpha value is -1.14. The van der Waals surface area contributed by atoms with Crippen molar-refractivity contribution in [2.24, 2.45) is 5.92 Å². The highest BCUT2D eigenvalue weighted by Gasteiger charge is 2.34. The van der Waals surface area contributed by atoms with E-state index in [-0.39, 0.29) is 23.8 Å². The van der Waals surface area contributed by atoms with Crippen LogP contribution in [-0.2, 0) is 14.3 Å². The highest BCUT2D eigenvalue weighted by Crippen LogP contribution is 2.24. The second kappa shape index (κ2) is 7.18. The number of hydrogen-bond donors (Lipinski definition) is 0. The van der Waals surface area contributed by atoms with Gasteiger partial charge in [0.05, 0.1) is 0 Å². The van der Waals surface area contributed by atoms with Crippen molar-refractivity contribution in [3.8, 4) is 0 Å². The quantitative estimate of drug-likeness (QED) is 0.745. The summed E-state index contributed by atoms with van der Waals surface area (Å²) in [6, 6.07) is 0.472. The van der Waals surface area contributed by atoms with Gasteiger partial charge in [-0.3, -0.25) is 9.59 Å². The number of ether oxygens (including phenoxy) is 1. The van der Waals surface area contributed by atoms with Gasteiger partial charge in [0, 0.05) is 44.7 Å². The summed E-state index contributed by atoms with van der Waals surface area (Å²) in [5, 5.41) is 0. The predicted octanol–water partition coefficient (Wildman–Crippen LogP) is 0.567. The van der Waals surface area contributed by atoms with Gasteiger partial charge in [0.15, 0.2) is 0 Å². The van der Waals surface area contributed by atoms with Gasteiger partial charge in [-0.1, -0.05) is 0 Å². The molecule has 3 aliphatic rings. The van der Waals surface area contributed by atoms with Crippen molar-refractivity contribution < 1.29 is 14.3 Å². The second-order valence-electron chi connectivity index (χ2n) is 7.20. The van der Waals surface area contributed by atoms with Gasteiger partial charge in [0.1, 0.15) is 6.10 Å². The molecule has 0 spiro atoms. The topological polar surface area (TPSA) is 53.1 Å². The van der Waals surface area contributed by atoms with Crippen LogP contribution in [0.15, 0.2) is 0 Å². The summed E-state index contributed by atoms with van der Waals surface area (Å²) in [6.07, 6.45) is 3.47. The Kier molecular flexibility index (Phi) is 5.21. The molecular weight excluding hydrogens is 294 g/mol. The highest BCUT2D eigenvalue weighted by molar-refractivity contribution is 5.82. The molecule has 3 aliphatic heterocycles. The Morgan fingerprint density at radius 1 is 0.957 bits per heavy atom. The smallest absolute Gasteiger partial charge is 0.251 e. The molecular formula is C17H29N3O3. The van der Waals surface area contributed by atoms with E-state index in [0.29, 0.717) is 38.8 Å². The third kappa shape index (κ3) is 3.69. The minimum Gasteiger partial charge on any atom is -0.368 e. The van der Waals surface area contributed by atoms with Gasteiger partial charge in [0.2, 0.25) is 5.91 Å². The molecule has 0 aromatic carbocycles. The normalized spacial score (nSPS) is 33.0. The summed E-state index contributed by atoms with van der Waals surface area (Å²) in [6.45, 7) is 6.51. The lowest BCUT2D eigenvalue weighted by molar-refractivity contribution is -0.148. The Morgan fingerprint density at radius 2 is 1.61 bits per heavy atom. The lowest BCUT2D eigenvalue weighted by atomic mass is 9.90. The molecule has 3 saturated heterocycles. The van der Waals surface area contributed by atoms with E-state index in [2.05, 4.69) is 18.9 Å². The number of likely N-dealkylation sites (tertiary alicyclic amines) is 1. The molecule has 0 aromatic heterocycles. The van der Waals surface area contributed by atoms with Crippen LogP contribution in [0.3, 0.4) is 0 Å². The molecule has 0 radical (unpaired) electrons. The van der Waals surface area contributed by atoms with Crippen molar-refractivity contribution in [3.63, 3.8) is 0 Å². The van der Waals surface area contributed by atoms with Crippen LogP contribution in [0, 0.1) is 5.92 Å². The summed E-state index contributed by atoms with van der Waals surface area (Å²) in [7, 11) is 2.13. The molecule has 6 nitrogen and oxygen atoms in total. The molecule has 0 saturated carbocycles. The SMILES string of the molecule is C[C@H]1C[C@@H](C(=O)N2CCN(C(=O)C3CCCO3)CC2)CCN1C.